The third-order valence-electron chi connectivity index (χ3n) is 2.61. The van der Waals surface area contributed by atoms with Crippen LogP contribution < -0.4 is 5.32 Å². The minimum absolute atomic E-state index is 0.0363. The summed E-state index contributed by atoms with van der Waals surface area (Å²) in [4.78, 5) is 24.3. The van der Waals surface area contributed by atoms with Crippen molar-refractivity contribution in [3.8, 4) is 0 Å². The number of ketones is 1. The van der Waals surface area contributed by atoms with Crippen molar-refractivity contribution in [2.24, 2.45) is 5.41 Å². The van der Waals surface area contributed by atoms with Gasteiger partial charge in [0.1, 0.15) is 0 Å². The molecule has 0 fully saturated rings. The summed E-state index contributed by atoms with van der Waals surface area (Å²) in [6, 6.07) is 3.88. The number of amides is 1. The maximum atomic E-state index is 11.9. The van der Waals surface area contributed by atoms with E-state index in [1.54, 1.807) is 11.3 Å². The average molecular weight is 281 g/mol. The zero-order chi connectivity index (χ0) is 13.3. The van der Waals surface area contributed by atoms with Gasteiger partial charge in [-0.2, -0.15) is 0 Å². The van der Waals surface area contributed by atoms with Gasteiger partial charge in [0.15, 0.2) is 5.78 Å². The van der Waals surface area contributed by atoms with Crippen LogP contribution in [0.25, 0.3) is 9.40 Å². The van der Waals surface area contributed by atoms with Gasteiger partial charge in [-0.15, -0.1) is 22.7 Å². The van der Waals surface area contributed by atoms with E-state index < -0.39 is 5.41 Å². The molecule has 2 aromatic heterocycles. The van der Waals surface area contributed by atoms with Crippen LogP contribution in [0.2, 0.25) is 0 Å². The predicted octanol–water partition coefficient (Wildman–Crippen LogP) is 3.31. The van der Waals surface area contributed by atoms with Crippen LogP contribution >= 0.6 is 22.7 Å². The van der Waals surface area contributed by atoms with Crippen LogP contribution in [-0.4, -0.2) is 18.2 Å². The van der Waals surface area contributed by atoms with Gasteiger partial charge in [0.2, 0.25) is 0 Å². The summed E-state index contributed by atoms with van der Waals surface area (Å²) >= 11 is 3.08. The van der Waals surface area contributed by atoms with Gasteiger partial charge in [-0.3, -0.25) is 9.59 Å². The first kappa shape index (κ1) is 13.2. The van der Waals surface area contributed by atoms with Crippen molar-refractivity contribution < 1.29 is 9.59 Å². The molecule has 0 aliphatic carbocycles. The summed E-state index contributed by atoms with van der Waals surface area (Å²) < 4.78 is 2.24. The quantitative estimate of drug-likeness (QED) is 0.938. The second-order valence-electron chi connectivity index (χ2n) is 5.12. The first-order valence-electron chi connectivity index (χ1n) is 5.66. The van der Waals surface area contributed by atoms with Crippen molar-refractivity contribution in [2.45, 2.75) is 20.8 Å². The van der Waals surface area contributed by atoms with Crippen molar-refractivity contribution in [2.75, 3.05) is 6.54 Å². The third kappa shape index (κ3) is 2.79. The topological polar surface area (TPSA) is 46.2 Å². The number of rotatable bonds is 3. The summed E-state index contributed by atoms with van der Waals surface area (Å²) in [5.74, 6) is -0.129. The highest BCUT2D eigenvalue weighted by Gasteiger charge is 2.21. The molecule has 0 atom stereocenters. The van der Waals surface area contributed by atoms with E-state index in [1.165, 1.54) is 11.3 Å². The fourth-order valence-electron chi connectivity index (χ4n) is 1.39. The molecular formula is C13H15NO2S2. The Morgan fingerprint density at radius 1 is 1.28 bits per heavy atom. The largest absolute Gasteiger partial charge is 0.344 e. The van der Waals surface area contributed by atoms with E-state index in [1.807, 2.05) is 38.3 Å². The van der Waals surface area contributed by atoms with Gasteiger partial charge in [0.05, 0.1) is 11.4 Å². The maximum absolute atomic E-state index is 11.9. The minimum Gasteiger partial charge on any atom is -0.344 e. The second kappa shape index (κ2) is 4.82. The van der Waals surface area contributed by atoms with Gasteiger partial charge in [-0.05, 0) is 17.5 Å². The molecule has 0 saturated heterocycles. The number of hydrogen-bond donors (Lipinski definition) is 1. The van der Waals surface area contributed by atoms with Gasteiger partial charge >= 0.3 is 0 Å². The van der Waals surface area contributed by atoms with Crippen molar-refractivity contribution in [1.82, 2.24) is 5.32 Å². The molecule has 18 heavy (non-hydrogen) atoms. The molecule has 3 nitrogen and oxygen atoms in total. The zero-order valence-corrected chi connectivity index (χ0v) is 12.2. The molecule has 1 N–H and O–H groups in total. The number of hydrogen-bond acceptors (Lipinski definition) is 4. The van der Waals surface area contributed by atoms with Crippen LogP contribution in [0.15, 0.2) is 17.5 Å². The summed E-state index contributed by atoms with van der Waals surface area (Å²) in [6.45, 7) is 5.64. The Hall–Kier alpha value is -1.20. The number of Topliss-reactive ketones (excluding diaryl/α,β-unsaturated/α-hetero) is 1. The SMILES string of the molecule is CC(C)(C)C(=O)CNC(=O)c1cc2sccc2s1. The van der Waals surface area contributed by atoms with Crippen molar-refractivity contribution in [3.05, 3.63) is 22.4 Å². The summed E-state index contributed by atoms with van der Waals surface area (Å²) in [7, 11) is 0. The van der Waals surface area contributed by atoms with Crippen LogP contribution in [0, 0.1) is 5.41 Å². The molecule has 96 valence electrons. The highest BCUT2D eigenvalue weighted by Crippen LogP contribution is 2.29. The summed E-state index contributed by atoms with van der Waals surface area (Å²) in [5, 5.41) is 4.69. The van der Waals surface area contributed by atoms with E-state index >= 15 is 0 Å². The molecule has 0 aliphatic heterocycles. The molecule has 5 heteroatoms. The summed E-state index contributed by atoms with van der Waals surface area (Å²) in [6.07, 6.45) is 0. The van der Waals surface area contributed by atoms with Gasteiger partial charge in [0.25, 0.3) is 5.91 Å². The Labute approximate surface area is 114 Å². The van der Waals surface area contributed by atoms with Gasteiger partial charge in [0, 0.05) is 14.8 Å². The van der Waals surface area contributed by atoms with Crippen molar-refractivity contribution in [3.63, 3.8) is 0 Å². The first-order valence-corrected chi connectivity index (χ1v) is 7.36. The molecule has 0 saturated carbocycles. The zero-order valence-electron chi connectivity index (χ0n) is 10.6. The Bertz CT molecular complexity index is 561. The first-order chi connectivity index (χ1) is 8.38. The number of carbonyl (C=O) groups is 2. The number of thiophene rings is 2. The molecule has 0 aliphatic rings. The van der Waals surface area contributed by atoms with Crippen molar-refractivity contribution in [1.29, 1.82) is 0 Å². The molecule has 0 spiro atoms. The predicted molar refractivity (Wildman–Crippen MR) is 76.5 cm³/mol. The smallest absolute Gasteiger partial charge is 0.261 e. The lowest BCUT2D eigenvalue weighted by Gasteiger charge is -2.16. The lowest BCUT2D eigenvalue weighted by atomic mass is 9.91. The van der Waals surface area contributed by atoms with E-state index in [4.69, 9.17) is 0 Å². The van der Waals surface area contributed by atoms with Crippen LogP contribution in [-0.2, 0) is 4.79 Å². The van der Waals surface area contributed by atoms with E-state index in [0.717, 1.165) is 9.40 Å². The van der Waals surface area contributed by atoms with Crippen LogP contribution in [0.1, 0.15) is 30.4 Å². The van der Waals surface area contributed by atoms with E-state index in [2.05, 4.69) is 5.32 Å². The molecule has 0 aromatic carbocycles. The number of nitrogens with one attached hydrogen (secondary N) is 1. The Morgan fingerprint density at radius 2 is 2.00 bits per heavy atom. The van der Waals surface area contributed by atoms with E-state index in [0.29, 0.717) is 4.88 Å². The van der Waals surface area contributed by atoms with Crippen LogP contribution in [0.4, 0.5) is 0 Å². The Kier molecular flexibility index (Phi) is 3.54. The highest BCUT2D eigenvalue weighted by molar-refractivity contribution is 7.27. The van der Waals surface area contributed by atoms with Crippen LogP contribution in [0.5, 0.6) is 0 Å². The second-order valence-corrected chi connectivity index (χ2v) is 7.15. The average Bonchev–Trinajstić information content (AvgIpc) is 2.83. The lowest BCUT2D eigenvalue weighted by Crippen LogP contribution is -2.35. The molecule has 2 aromatic rings. The fourth-order valence-corrected chi connectivity index (χ4v) is 3.42. The Balaban J connectivity index is 2.01. The summed E-state index contributed by atoms with van der Waals surface area (Å²) in [5.41, 5.74) is -0.414. The van der Waals surface area contributed by atoms with Gasteiger partial charge < -0.3 is 5.32 Å². The highest BCUT2D eigenvalue weighted by atomic mass is 32.1. The normalized spacial score (nSPS) is 11.7. The molecule has 0 unspecified atom stereocenters. The molecule has 0 radical (unpaired) electrons. The minimum atomic E-state index is -0.414. The maximum Gasteiger partial charge on any atom is 0.261 e. The molecule has 2 heterocycles. The van der Waals surface area contributed by atoms with Crippen LogP contribution in [0.3, 0.4) is 0 Å². The van der Waals surface area contributed by atoms with Crippen molar-refractivity contribution >= 4 is 43.8 Å². The number of fused-ring (bicyclic) bond motifs is 1. The standard InChI is InChI=1S/C13H15NO2S2/c1-13(2,3)11(15)7-14-12(16)10-6-9-8(18-10)4-5-17-9/h4-6H,7H2,1-3H3,(H,14,16). The van der Waals surface area contributed by atoms with E-state index in [9.17, 15) is 9.59 Å². The molecule has 1 amide bonds. The fraction of sp³-hybridized carbons (Fsp3) is 0.385. The monoisotopic (exact) mass is 281 g/mol. The molecular weight excluding hydrogens is 266 g/mol. The molecule has 2 rings (SSSR count). The third-order valence-corrected chi connectivity index (χ3v) is 4.70. The Morgan fingerprint density at radius 3 is 2.61 bits per heavy atom. The van der Waals surface area contributed by atoms with Gasteiger partial charge in [-0.25, -0.2) is 0 Å². The number of carbonyl (C=O) groups excluding carboxylic acids is 2. The molecule has 0 bridgehead atoms. The van der Waals surface area contributed by atoms with Gasteiger partial charge in [-0.1, -0.05) is 20.8 Å². The van der Waals surface area contributed by atoms with E-state index in [-0.39, 0.29) is 18.2 Å². The lowest BCUT2D eigenvalue weighted by molar-refractivity contribution is -0.125.